The minimum Gasteiger partial charge on any atom is -0.493 e. The SMILES string of the molecule is CCCCCCOc1ccc(C(=O)Oc2ccc(C#Cc3sc(C#Cc4ccc(OC(=O)c5ccc(OC[C@@H](C)CC)cc5)cc4)c(C#N)c3C#N)cc2)cc1OCCCCCC. The monoisotopic (exact) mass is 860 g/mol. The Bertz CT molecular complexity index is 2510. The molecule has 5 rings (SSSR count). The lowest BCUT2D eigenvalue weighted by Gasteiger charge is -2.14. The number of hydrogen-bond donors (Lipinski definition) is 0. The normalized spacial score (nSPS) is 10.8. The number of thiophene rings is 1. The van der Waals surface area contributed by atoms with Crippen LogP contribution in [0.5, 0.6) is 28.7 Å². The van der Waals surface area contributed by atoms with Crippen molar-refractivity contribution in [3.8, 4) is 64.6 Å². The number of hydrogen-bond acceptors (Lipinski definition) is 10. The summed E-state index contributed by atoms with van der Waals surface area (Å²) < 4.78 is 29.1. The molecule has 1 heterocycles. The molecule has 5 aromatic rings. The first-order chi connectivity index (χ1) is 30.7. The van der Waals surface area contributed by atoms with Crippen LogP contribution in [0.2, 0.25) is 0 Å². The first-order valence-electron chi connectivity index (χ1n) is 21.5. The summed E-state index contributed by atoms with van der Waals surface area (Å²) in [5.41, 5.74) is 2.27. The summed E-state index contributed by atoms with van der Waals surface area (Å²) in [7, 11) is 0. The van der Waals surface area contributed by atoms with E-state index in [0.717, 1.165) is 69.1 Å². The van der Waals surface area contributed by atoms with E-state index < -0.39 is 11.9 Å². The van der Waals surface area contributed by atoms with Crippen molar-refractivity contribution in [1.29, 1.82) is 10.5 Å². The third-order valence-electron chi connectivity index (χ3n) is 9.91. The molecule has 10 heteroatoms. The van der Waals surface area contributed by atoms with Crippen molar-refractivity contribution < 1.29 is 33.3 Å². The Morgan fingerprint density at radius 3 is 1.52 bits per heavy atom. The molecule has 0 N–H and O–H groups in total. The Labute approximate surface area is 375 Å². The number of carbonyl (C=O) groups is 2. The van der Waals surface area contributed by atoms with Gasteiger partial charge in [-0.25, -0.2) is 9.59 Å². The molecule has 0 spiro atoms. The first kappa shape index (κ1) is 47.1. The maximum Gasteiger partial charge on any atom is 0.343 e. The second-order valence-electron chi connectivity index (χ2n) is 14.9. The van der Waals surface area contributed by atoms with Gasteiger partial charge in [0, 0.05) is 11.1 Å². The molecule has 9 nitrogen and oxygen atoms in total. The van der Waals surface area contributed by atoms with Crippen molar-refractivity contribution in [2.45, 2.75) is 85.5 Å². The van der Waals surface area contributed by atoms with Crippen LogP contribution in [0.4, 0.5) is 0 Å². The van der Waals surface area contributed by atoms with Crippen molar-refractivity contribution in [3.63, 3.8) is 0 Å². The van der Waals surface area contributed by atoms with E-state index in [4.69, 9.17) is 23.7 Å². The van der Waals surface area contributed by atoms with E-state index in [9.17, 15) is 20.1 Å². The highest BCUT2D eigenvalue weighted by Gasteiger charge is 2.17. The fourth-order valence-electron chi connectivity index (χ4n) is 5.96. The van der Waals surface area contributed by atoms with Gasteiger partial charge >= 0.3 is 11.9 Å². The third-order valence-corrected chi connectivity index (χ3v) is 10.9. The van der Waals surface area contributed by atoms with Crippen LogP contribution < -0.4 is 23.7 Å². The molecular formula is C53H52N2O7S. The zero-order chi connectivity index (χ0) is 44.8. The van der Waals surface area contributed by atoms with E-state index in [1.807, 2.05) is 0 Å². The van der Waals surface area contributed by atoms with Crippen LogP contribution in [-0.2, 0) is 0 Å². The van der Waals surface area contributed by atoms with Crippen LogP contribution in [0.1, 0.15) is 138 Å². The van der Waals surface area contributed by atoms with Crippen LogP contribution in [0.3, 0.4) is 0 Å². The van der Waals surface area contributed by atoms with Gasteiger partial charge < -0.3 is 23.7 Å². The summed E-state index contributed by atoms with van der Waals surface area (Å²) in [4.78, 5) is 26.8. The fourth-order valence-corrected chi connectivity index (χ4v) is 6.86. The molecule has 322 valence electrons. The number of unbranched alkanes of at least 4 members (excludes halogenated alkanes) is 6. The van der Waals surface area contributed by atoms with Crippen LogP contribution in [0.25, 0.3) is 0 Å². The van der Waals surface area contributed by atoms with Crippen molar-refractivity contribution in [3.05, 3.63) is 134 Å². The van der Waals surface area contributed by atoms with Gasteiger partial charge in [0.05, 0.1) is 51.8 Å². The largest absolute Gasteiger partial charge is 0.493 e. The molecule has 0 saturated heterocycles. The van der Waals surface area contributed by atoms with E-state index in [1.54, 1.807) is 91.0 Å². The number of rotatable bonds is 20. The highest BCUT2D eigenvalue weighted by molar-refractivity contribution is 7.13. The summed E-state index contributed by atoms with van der Waals surface area (Å²) in [5.74, 6) is 14.0. The Balaban J connectivity index is 1.20. The second-order valence-corrected chi connectivity index (χ2v) is 15.9. The second kappa shape index (κ2) is 25.1. The van der Waals surface area contributed by atoms with E-state index >= 15 is 0 Å². The number of ether oxygens (including phenoxy) is 5. The standard InChI is InChI=1S/C53H52N2O7S/c1-5-8-10-12-32-58-48-29-22-42(34-49(48)59-33-13-11-9-6-2)53(57)62-45-25-16-40(17-26-45)19-31-51-47(36-55)46(35-54)50(63-51)30-18-39-14-23-44(24-15-39)61-52(56)41-20-27-43(28-21-41)60-37-38(4)7-3/h14-17,20-29,34,38H,5-13,32-33,37H2,1-4H3/t38-/m0/s1. The van der Waals surface area contributed by atoms with Crippen molar-refractivity contribution in [2.24, 2.45) is 5.92 Å². The molecule has 1 aromatic heterocycles. The van der Waals surface area contributed by atoms with Crippen molar-refractivity contribution >= 4 is 23.3 Å². The molecule has 0 aliphatic rings. The minimum absolute atomic E-state index is 0.152. The Hall–Kier alpha value is -6.98. The summed E-state index contributed by atoms with van der Waals surface area (Å²) in [6.45, 7) is 10.3. The Kier molecular flexibility index (Phi) is 18.7. The number of nitriles is 2. The molecule has 0 aliphatic heterocycles. The van der Waals surface area contributed by atoms with E-state index in [0.29, 0.717) is 86.5 Å². The summed E-state index contributed by atoms with van der Waals surface area (Å²) >= 11 is 1.16. The number of esters is 2. The van der Waals surface area contributed by atoms with Crippen molar-refractivity contribution in [1.82, 2.24) is 0 Å². The van der Waals surface area contributed by atoms with Gasteiger partial charge in [-0.15, -0.1) is 11.3 Å². The summed E-state index contributed by atoms with van der Waals surface area (Å²) in [5, 5.41) is 19.9. The first-order valence-corrected chi connectivity index (χ1v) is 22.3. The smallest absolute Gasteiger partial charge is 0.343 e. The van der Waals surface area contributed by atoms with Gasteiger partial charge in [0.1, 0.15) is 29.4 Å². The molecule has 0 unspecified atom stereocenters. The summed E-state index contributed by atoms with van der Waals surface area (Å²) in [6.07, 6.45) is 9.63. The predicted molar refractivity (Wildman–Crippen MR) is 246 cm³/mol. The van der Waals surface area contributed by atoms with Gasteiger partial charge in [-0.2, -0.15) is 10.5 Å². The Morgan fingerprint density at radius 2 is 1.03 bits per heavy atom. The minimum atomic E-state index is -0.533. The third kappa shape index (κ3) is 14.6. The van der Waals surface area contributed by atoms with Crippen molar-refractivity contribution in [2.75, 3.05) is 19.8 Å². The molecule has 4 aromatic carbocycles. The molecule has 0 fully saturated rings. The molecule has 0 bridgehead atoms. The molecule has 0 aliphatic carbocycles. The van der Waals surface area contributed by atoms with Crippen LogP contribution >= 0.6 is 11.3 Å². The average molecular weight is 861 g/mol. The lowest BCUT2D eigenvalue weighted by atomic mass is 10.1. The van der Waals surface area contributed by atoms with Crippen LogP contribution in [0, 0.1) is 52.3 Å². The lowest BCUT2D eigenvalue weighted by Crippen LogP contribution is -2.10. The summed E-state index contributed by atoms with van der Waals surface area (Å²) in [6, 6.07) is 29.6. The quantitative estimate of drug-likeness (QED) is 0.0325. The molecule has 0 radical (unpaired) electrons. The van der Waals surface area contributed by atoms with Gasteiger partial charge in [0.15, 0.2) is 11.5 Å². The molecule has 1 atom stereocenters. The van der Waals surface area contributed by atoms with E-state index in [2.05, 4.69) is 63.5 Å². The van der Waals surface area contributed by atoms with Crippen LogP contribution in [-0.4, -0.2) is 31.8 Å². The zero-order valence-electron chi connectivity index (χ0n) is 36.4. The van der Waals surface area contributed by atoms with E-state index in [-0.39, 0.29) is 11.1 Å². The highest BCUT2D eigenvalue weighted by atomic mass is 32.1. The number of benzene rings is 4. The molecular weight excluding hydrogens is 809 g/mol. The molecule has 0 saturated carbocycles. The number of carbonyl (C=O) groups excluding carboxylic acids is 2. The van der Waals surface area contributed by atoms with Gasteiger partial charge in [-0.1, -0.05) is 84.5 Å². The lowest BCUT2D eigenvalue weighted by molar-refractivity contribution is 0.0724. The molecule has 63 heavy (non-hydrogen) atoms. The van der Waals surface area contributed by atoms with Gasteiger partial charge in [-0.3, -0.25) is 0 Å². The Morgan fingerprint density at radius 1 is 0.556 bits per heavy atom. The fraction of sp³-hybridized carbons (Fsp3) is 0.321. The highest BCUT2D eigenvalue weighted by Crippen LogP contribution is 2.31. The van der Waals surface area contributed by atoms with E-state index in [1.165, 1.54) is 0 Å². The maximum atomic E-state index is 13.2. The number of nitrogens with zero attached hydrogens (tertiary/aromatic N) is 2. The predicted octanol–water partition coefficient (Wildman–Crippen LogP) is 12.1. The average Bonchev–Trinajstić information content (AvgIpc) is 3.66. The van der Waals surface area contributed by atoms with Gasteiger partial charge in [0.25, 0.3) is 0 Å². The van der Waals surface area contributed by atoms with Crippen LogP contribution in [0.15, 0.2) is 91.0 Å². The van der Waals surface area contributed by atoms with Gasteiger partial charge in [-0.05, 0) is 122 Å². The topological polar surface area (TPSA) is 128 Å². The zero-order valence-corrected chi connectivity index (χ0v) is 37.2. The van der Waals surface area contributed by atoms with Gasteiger partial charge in [0.2, 0.25) is 0 Å². The molecule has 0 amide bonds. The maximum absolute atomic E-state index is 13.2.